The summed E-state index contributed by atoms with van der Waals surface area (Å²) in [6.07, 6.45) is 3.17. The molecule has 0 aliphatic carbocycles. The molecule has 3 aromatic rings. The van der Waals surface area contributed by atoms with Gasteiger partial charge in [-0.2, -0.15) is 0 Å². The van der Waals surface area contributed by atoms with Gasteiger partial charge in [-0.15, -0.1) is 11.3 Å². The van der Waals surface area contributed by atoms with Crippen LogP contribution in [0, 0.1) is 6.92 Å². The highest BCUT2D eigenvalue weighted by atomic mass is 32.1. The van der Waals surface area contributed by atoms with Crippen LogP contribution in [0.25, 0.3) is 10.4 Å². The van der Waals surface area contributed by atoms with Crippen molar-refractivity contribution in [2.45, 2.75) is 45.8 Å². The van der Waals surface area contributed by atoms with E-state index < -0.39 is 0 Å². The van der Waals surface area contributed by atoms with Crippen LogP contribution < -0.4 is 0 Å². The Hall–Kier alpha value is -2.50. The molecular weight excluding hydrogens is 392 g/mol. The Morgan fingerprint density at radius 2 is 1.87 bits per heavy atom. The van der Waals surface area contributed by atoms with Crippen molar-refractivity contribution in [2.75, 3.05) is 13.2 Å². The van der Waals surface area contributed by atoms with Gasteiger partial charge in [0.2, 0.25) is 0 Å². The van der Waals surface area contributed by atoms with Crippen LogP contribution in [-0.2, 0) is 17.7 Å². The first-order valence-corrected chi connectivity index (χ1v) is 11.5. The van der Waals surface area contributed by atoms with Gasteiger partial charge in [-0.3, -0.25) is 4.79 Å². The van der Waals surface area contributed by atoms with Gasteiger partial charge in [-0.25, -0.2) is 4.98 Å². The summed E-state index contributed by atoms with van der Waals surface area (Å²) in [7, 11) is 0. The fourth-order valence-corrected chi connectivity index (χ4v) is 4.78. The number of carbonyl (C=O) groups is 1. The molecule has 4 nitrogen and oxygen atoms in total. The molecule has 0 radical (unpaired) electrons. The maximum atomic E-state index is 13.7. The maximum Gasteiger partial charge on any atom is 0.274 e. The first-order chi connectivity index (χ1) is 14.6. The van der Waals surface area contributed by atoms with Crippen LogP contribution in [0.1, 0.15) is 46.4 Å². The molecule has 0 N–H and O–H groups in total. The molecule has 0 spiro atoms. The summed E-state index contributed by atoms with van der Waals surface area (Å²) in [4.78, 5) is 21.2. The topological polar surface area (TPSA) is 42.4 Å². The second kappa shape index (κ2) is 9.54. The van der Waals surface area contributed by atoms with E-state index >= 15 is 0 Å². The molecule has 156 valence electrons. The first kappa shape index (κ1) is 20.8. The van der Waals surface area contributed by atoms with E-state index in [1.807, 2.05) is 42.2 Å². The van der Waals surface area contributed by atoms with E-state index in [1.165, 1.54) is 5.56 Å². The number of hydrogen-bond donors (Lipinski definition) is 0. The van der Waals surface area contributed by atoms with Gasteiger partial charge in [0.1, 0.15) is 5.69 Å². The standard InChI is InChI=1S/C25H28N2O2S/c1-3-19-11-13-20(14-12-19)16-27(17-22-10-7-15-29-22)25(28)23-24(30-18(2)26-23)21-8-5-4-6-9-21/h4-6,8-9,11-14,22H,3,7,10,15-17H2,1-2H3. The van der Waals surface area contributed by atoms with E-state index in [9.17, 15) is 4.79 Å². The maximum absolute atomic E-state index is 13.7. The highest BCUT2D eigenvalue weighted by Gasteiger charge is 2.27. The molecule has 1 aromatic heterocycles. The molecular formula is C25H28N2O2S. The molecule has 1 aliphatic heterocycles. The summed E-state index contributed by atoms with van der Waals surface area (Å²) in [5, 5.41) is 0.904. The number of thiazole rings is 1. The van der Waals surface area contributed by atoms with Gasteiger partial charge in [-0.05, 0) is 42.9 Å². The van der Waals surface area contributed by atoms with Crippen LogP contribution in [0.5, 0.6) is 0 Å². The Morgan fingerprint density at radius 3 is 2.53 bits per heavy atom. The van der Waals surface area contributed by atoms with Crippen molar-refractivity contribution < 1.29 is 9.53 Å². The van der Waals surface area contributed by atoms with Crippen molar-refractivity contribution in [3.8, 4) is 10.4 Å². The Morgan fingerprint density at radius 1 is 1.13 bits per heavy atom. The number of benzene rings is 2. The van der Waals surface area contributed by atoms with E-state index in [1.54, 1.807) is 11.3 Å². The summed E-state index contributed by atoms with van der Waals surface area (Å²) in [6, 6.07) is 18.6. The fraction of sp³-hybridized carbons (Fsp3) is 0.360. The lowest BCUT2D eigenvalue weighted by Gasteiger charge is -2.25. The van der Waals surface area contributed by atoms with Crippen molar-refractivity contribution in [1.29, 1.82) is 0 Å². The molecule has 30 heavy (non-hydrogen) atoms. The monoisotopic (exact) mass is 420 g/mol. The zero-order valence-corrected chi connectivity index (χ0v) is 18.5. The van der Waals surface area contributed by atoms with Gasteiger partial charge < -0.3 is 9.64 Å². The summed E-state index contributed by atoms with van der Waals surface area (Å²) in [5.41, 5.74) is 4.02. The summed E-state index contributed by atoms with van der Waals surface area (Å²) in [5.74, 6) is -0.0201. The molecule has 4 rings (SSSR count). The average molecular weight is 421 g/mol. The molecule has 1 aliphatic rings. The molecule has 1 unspecified atom stereocenters. The number of ether oxygens (including phenoxy) is 1. The summed E-state index contributed by atoms with van der Waals surface area (Å²) >= 11 is 1.58. The van der Waals surface area contributed by atoms with Crippen molar-refractivity contribution in [1.82, 2.24) is 9.88 Å². The smallest absolute Gasteiger partial charge is 0.274 e. The second-order valence-electron chi connectivity index (χ2n) is 7.77. The second-order valence-corrected chi connectivity index (χ2v) is 8.97. The Kier molecular flexibility index (Phi) is 6.60. The van der Waals surface area contributed by atoms with Gasteiger partial charge in [0.05, 0.1) is 16.0 Å². The van der Waals surface area contributed by atoms with E-state index in [2.05, 4.69) is 36.2 Å². The highest BCUT2D eigenvalue weighted by Crippen LogP contribution is 2.31. The van der Waals surface area contributed by atoms with Crippen molar-refractivity contribution in [2.24, 2.45) is 0 Å². The molecule has 1 atom stereocenters. The minimum absolute atomic E-state index is 0.0201. The third-order valence-electron chi connectivity index (χ3n) is 5.51. The average Bonchev–Trinajstić information content (AvgIpc) is 3.43. The molecule has 1 fully saturated rings. The third-order valence-corrected chi connectivity index (χ3v) is 6.53. The van der Waals surface area contributed by atoms with Crippen molar-refractivity contribution in [3.05, 3.63) is 76.4 Å². The zero-order chi connectivity index (χ0) is 20.9. The van der Waals surface area contributed by atoms with E-state index in [4.69, 9.17) is 4.74 Å². The van der Waals surface area contributed by atoms with E-state index in [0.717, 1.165) is 46.9 Å². The predicted molar refractivity (Wildman–Crippen MR) is 122 cm³/mol. The lowest BCUT2D eigenvalue weighted by molar-refractivity contribution is 0.0504. The number of rotatable bonds is 7. The fourth-order valence-electron chi connectivity index (χ4n) is 3.86. The van der Waals surface area contributed by atoms with Gasteiger partial charge in [0, 0.05) is 19.7 Å². The van der Waals surface area contributed by atoms with Crippen LogP contribution in [0.15, 0.2) is 54.6 Å². The molecule has 2 heterocycles. The van der Waals surface area contributed by atoms with Gasteiger partial charge in [-0.1, -0.05) is 61.5 Å². The lowest BCUT2D eigenvalue weighted by Crippen LogP contribution is -2.37. The summed E-state index contributed by atoms with van der Waals surface area (Å²) < 4.78 is 5.85. The number of aromatic nitrogens is 1. The Labute approximate surface area is 182 Å². The minimum Gasteiger partial charge on any atom is -0.376 e. The first-order valence-electron chi connectivity index (χ1n) is 10.7. The SMILES string of the molecule is CCc1ccc(CN(CC2CCCO2)C(=O)c2nc(C)sc2-c2ccccc2)cc1. The molecule has 1 amide bonds. The van der Waals surface area contributed by atoms with Crippen molar-refractivity contribution >= 4 is 17.2 Å². The quantitative estimate of drug-likeness (QED) is 0.507. The number of amides is 1. The highest BCUT2D eigenvalue weighted by molar-refractivity contribution is 7.15. The normalized spacial score (nSPS) is 16.0. The minimum atomic E-state index is -0.0201. The van der Waals surface area contributed by atoms with E-state index in [-0.39, 0.29) is 12.0 Å². The van der Waals surface area contributed by atoms with Gasteiger partial charge in [0.15, 0.2) is 0 Å². The molecule has 5 heteroatoms. The lowest BCUT2D eigenvalue weighted by atomic mass is 10.1. The molecule has 0 bridgehead atoms. The largest absolute Gasteiger partial charge is 0.376 e. The molecule has 0 saturated carbocycles. The third kappa shape index (κ3) is 4.79. The number of hydrogen-bond acceptors (Lipinski definition) is 4. The van der Waals surface area contributed by atoms with Crippen LogP contribution in [0.3, 0.4) is 0 Å². The van der Waals surface area contributed by atoms with Crippen LogP contribution in [-0.4, -0.2) is 35.0 Å². The van der Waals surface area contributed by atoms with Gasteiger partial charge >= 0.3 is 0 Å². The van der Waals surface area contributed by atoms with Gasteiger partial charge in [0.25, 0.3) is 5.91 Å². The van der Waals surface area contributed by atoms with Crippen LogP contribution in [0.2, 0.25) is 0 Å². The predicted octanol–water partition coefficient (Wildman–Crippen LogP) is 5.50. The zero-order valence-electron chi connectivity index (χ0n) is 17.6. The molecule has 1 saturated heterocycles. The number of aryl methyl sites for hydroxylation is 2. The molecule has 2 aromatic carbocycles. The van der Waals surface area contributed by atoms with Crippen LogP contribution in [0.4, 0.5) is 0 Å². The number of nitrogens with zero attached hydrogens (tertiary/aromatic N) is 2. The Balaban J connectivity index is 1.63. The van der Waals surface area contributed by atoms with E-state index in [0.29, 0.717) is 18.8 Å². The van der Waals surface area contributed by atoms with Crippen LogP contribution >= 0.6 is 11.3 Å². The number of carbonyl (C=O) groups excluding carboxylic acids is 1. The van der Waals surface area contributed by atoms with Crippen molar-refractivity contribution in [3.63, 3.8) is 0 Å². The summed E-state index contributed by atoms with van der Waals surface area (Å²) in [6.45, 7) is 6.05. The Bertz CT molecular complexity index is 976.